The van der Waals surface area contributed by atoms with Gasteiger partial charge in [-0.1, -0.05) is 54.1 Å². The van der Waals surface area contributed by atoms with Gasteiger partial charge in [-0.3, -0.25) is 24.2 Å². The number of amides is 3. The SMILES string of the molecule is COc1ccc(Cl)c(C(=O)NCCc2ccc(S(=O)(=O)NC(=O)c3ccc(C(=O)NCC(=O)OCc4ccccc4)nc3)cc2)c1. The van der Waals surface area contributed by atoms with Crippen LogP contribution in [-0.4, -0.2) is 57.3 Å². The van der Waals surface area contributed by atoms with E-state index in [0.29, 0.717) is 12.2 Å². The van der Waals surface area contributed by atoms with Crippen LogP contribution in [0.15, 0.2) is 96.0 Å². The second-order valence-electron chi connectivity index (χ2n) is 9.69. The van der Waals surface area contributed by atoms with E-state index in [-0.39, 0.29) is 52.3 Å². The van der Waals surface area contributed by atoms with Crippen LogP contribution >= 0.6 is 11.6 Å². The summed E-state index contributed by atoms with van der Waals surface area (Å²) in [6.45, 7) is -0.0693. The Kier molecular flexibility index (Phi) is 11.4. The molecule has 0 bridgehead atoms. The van der Waals surface area contributed by atoms with E-state index in [1.54, 1.807) is 36.4 Å². The van der Waals surface area contributed by atoms with Crippen LogP contribution in [0, 0.1) is 0 Å². The third-order valence-corrected chi connectivity index (χ3v) is 8.15. The van der Waals surface area contributed by atoms with Crippen molar-refractivity contribution < 1.29 is 37.1 Å². The minimum atomic E-state index is -4.23. The van der Waals surface area contributed by atoms with Gasteiger partial charge in [-0.25, -0.2) is 13.1 Å². The van der Waals surface area contributed by atoms with E-state index in [1.165, 1.54) is 37.4 Å². The van der Waals surface area contributed by atoms with Gasteiger partial charge in [0.25, 0.3) is 27.7 Å². The molecule has 0 aliphatic rings. The number of hydrogen-bond donors (Lipinski definition) is 3. The summed E-state index contributed by atoms with van der Waals surface area (Å²) in [6.07, 6.45) is 1.45. The molecule has 12 nitrogen and oxygen atoms in total. The summed E-state index contributed by atoms with van der Waals surface area (Å²) in [5.74, 6) is -2.17. The van der Waals surface area contributed by atoms with Crippen LogP contribution in [0.25, 0.3) is 0 Å². The normalized spacial score (nSPS) is 10.8. The molecule has 14 heteroatoms. The first kappa shape index (κ1) is 33.6. The zero-order chi connectivity index (χ0) is 33.1. The minimum Gasteiger partial charge on any atom is -0.497 e. The molecule has 0 saturated carbocycles. The van der Waals surface area contributed by atoms with Crippen LogP contribution in [0.2, 0.25) is 5.02 Å². The van der Waals surface area contributed by atoms with Gasteiger partial charge in [-0.2, -0.15) is 0 Å². The first-order chi connectivity index (χ1) is 22.1. The van der Waals surface area contributed by atoms with Crippen molar-refractivity contribution in [1.82, 2.24) is 20.3 Å². The van der Waals surface area contributed by atoms with Crippen LogP contribution in [-0.2, 0) is 32.6 Å². The number of rotatable bonds is 13. The van der Waals surface area contributed by atoms with E-state index in [1.807, 2.05) is 22.9 Å². The Morgan fingerprint density at radius 3 is 2.24 bits per heavy atom. The summed E-state index contributed by atoms with van der Waals surface area (Å²) in [5, 5.41) is 5.41. The molecule has 4 aromatic rings. The summed E-state index contributed by atoms with van der Waals surface area (Å²) >= 11 is 6.11. The molecule has 0 radical (unpaired) electrons. The average molecular weight is 665 g/mol. The number of ether oxygens (including phenoxy) is 2. The number of carbonyl (C=O) groups excluding carboxylic acids is 4. The van der Waals surface area contributed by atoms with Gasteiger partial charge in [0.05, 0.1) is 28.2 Å². The molecule has 0 fully saturated rings. The fraction of sp³-hybridized carbons (Fsp3) is 0.156. The molecule has 3 N–H and O–H groups in total. The number of carbonyl (C=O) groups is 4. The van der Waals surface area contributed by atoms with Crippen molar-refractivity contribution in [2.75, 3.05) is 20.2 Å². The Bertz CT molecular complexity index is 1820. The molecule has 0 aliphatic carbocycles. The van der Waals surface area contributed by atoms with E-state index in [0.717, 1.165) is 17.3 Å². The topological polar surface area (TPSA) is 170 Å². The first-order valence-corrected chi connectivity index (χ1v) is 15.6. The summed E-state index contributed by atoms with van der Waals surface area (Å²) in [4.78, 5) is 53.1. The number of nitrogens with one attached hydrogen (secondary N) is 3. The summed E-state index contributed by atoms with van der Waals surface area (Å²) < 4.78 is 37.8. The molecule has 238 valence electrons. The van der Waals surface area contributed by atoms with Crippen molar-refractivity contribution in [3.8, 4) is 5.75 Å². The fourth-order valence-corrected chi connectivity index (χ4v) is 5.17. The molecule has 1 heterocycles. The second kappa shape index (κ2) is 15.6. The molecule has 0 aliphatic heterocycles. The highest BCUT2D eigenvalue weighted by Gasteiger charge is 2.20. The molecule has 0 atom stereocenters. The predicted octanol–water partition coefficient (Wildman–Crippen LogP) is 3.31. The quantitative estimate of drug-likeness (QED) is 0.182. The molecule has 0 spiro atoms. The Morgan fingerprint density at radius 2 is 1.57 bits per heavy atom. The molecule has 46 heavy (non-hydrogen) atoms. The van der Waals surface area contributed by atoms with Gasteiger partial charge < -0.3 is 20.1 Å². The molecule has 1 aromatic heterocycles. The predicted molar refractivity (Wildman–Crippen MR) is 168 cm³/mol. The summed E-state index contributed by atoms with van der Waals surface area (Å²) in [7, 11) is -2.75. The van der Waals surface area contributed by atoms with Gasteiger partial charge in [-0.15, -0.1) is 0 Å². The number of methoxy groups -OCH3 is 1. The lowest BCUT2D eigenvalue weighted by Gasteiger charge is -2.10. The first-order valence-electron chi connectivity index (χ1n) is 13.8. The molecule has 3 aromatic carbocycles. The van der Waals surface area contributed by atoms with Gasteiger partial charge in [0.1, 0.15) is 24.6 Å². The molecule has 0 saturated heterocycles. The monoisotopic (exact) mass is 664 g/mol. The zero-order valence-corrected chi connectivity index (χ0v) is 26.1. The second-order valence-corrected chi connectivity index (χ2v) is 11.8. The highest BCUT2D eigenvalue weighted by atomic mass is 35.5. The van der Waals surface area contributed by atoms with Crippen LogP contribution < -0.4 is 20.1 Å². The molecule has 4 rings (SSSR count). The van der Waals surface area contributed by atoms with Gasteiger partial charge in [-0.05, 0) is 60.0 Å². The lowest BCUT2D eigenvalue weighted by molar-refractivity contribution is -0.143. The van der Waals surface area contributed by atoms with Crippen molar-refractivity contribution in [2.24, 2.45) is 0 Å². The van der Waals surface area contributed by atoms with Crippen LogP contribution in [0.4, 0.5) is 0 Å². The maximum absolute atomic E-state index is 12.8. The van der Waals surface area contributed by atoms with Crippen molar-refractivity contribution in [3.63, 3.8) is 0 Å². The number of esters is 1. The molecule has 3 amide bonds. The summed E-state index contributed by atoms with van der Waals surface area (Å²) in [6, 6.07) is 22.0. The largest absolute Gasteiger partial charge is 0.497 e. The lowest BCUT2D eigenvalue weighted by Crippen LogP contribution is -2.32. The number of hydrogen-bond acceptors (Lipinski definition) is 9. The third-order valence-electron chi connectivity index (χ3n) is 6.47. The highest BCUT2D eigenvalue weighted by molar-refractivity contribution is 7.90. The zero-order valence-electron chi connectivity index (χ0n) is 24.5. The average Bonchev–Trinajstić information content (AvgIpc) is 3.07. The maximum Gasteiger partial charge on any atom is 0.325 e. The van der Waals surface area contributed by atoms with Gasteiger partial charge in [0.15, 0.2) is 0 Å². The number of sulfonamides is 1. The number of benzene rings is 3. The minimum absolute atomic E-state index is 0.0617. The van der Waals surface area contributed by atoms with Gasteiger partial charge >= 0.3 is 5.97 Å². The molecular weight excluding hydrogens is 636 g/mol. The number of pyridine rings is 1. The Labute approximate surface area is 270 Å². The van der Waals surface area contributed by atoms with Gasteiger partial charge in [0.2, 0.25) is 0 Å². The smallest absolute Gasteiger partial charge is 0.325 e. The van der Waals surface area contributed by atoms with E-state index >= 15 is 0 Å². The van der Waals surface area contributed by atoms with E-state index < -0.39 is 27.8 Å². The number of halogens is 1. The van der Waals surface area contributed by atoms with Gasteiger partial charge in [0, 0.05) is 12.7 Å². The Balaban J connectivity index is 1.24. The van der Waals surface area contributed by atoms with E-state index in [9.17, 15) is 27.6 Å². The van der Waals surface area contributed by atoms with Crippen molar-refractivity contribution >= 4 is 45.3 Å². The number of aromatic nitrogens is 1. The number of nitrogens with zero attached hydrogens (tertiary/aromatic N) is 1. The highest BCUT2D eigenvalue weighted by Crippen LogP contribution is 2.22. The van der Waals surface area contributed by atoms with Crippen LogP contribution in [0.1, 0.15) is 42.3 Å². The van der Waals surface area contributed by atoms with E-state index in [2.05, 4.69) is 15.6 Å². The Morgan fingerprint density at radius 1 is 0.826 bits per heavy atom. The Hall–Kier alpha value is -5.27. The molecular formula is C32H29ClN4O8S. The van der Waals surface area contributed by atoms with Crippen LogP contribution in [0.3, 0.4) is 0 Å². The standard InChI is InChI=1S/C32H29ClN4O8S/c1-44-24-10-13-27(33)26(17-24)31(40)34-16-15-21-7-11-25(12-8-21)46(42,43)37-30(39)23-9-14-28(35-18-23)32(41)36-19-29(38)45-20-22-5-3-2-4-6-22/h2-14,17-18H,15-16,19-20H2,1H3,(H,34,40)(H,36,41)(H,37,39). The van der Waals surface area contributed by atoms with Crippen LogP contribution in [0.5, 0.6) is 5.75 Å². The van der Waals surface area contributed by atoms with Crippen molar-refractivity contribution in [2.45, 2.75) is 17.9 Å². The van der Waals surface area contributed by atoms with Crippen molar-refractivity contribution in [1.29, 1.82) is 0 Å². The third kappa shape index (κ3) is 9.36. The fourth-order valence-electron chi connectivity index (χ4n) is 3.99. The van der Waals surface area contributed by atoms with Crippen molar-refractivity contribution in [3.05, 3.63) is 124 Å². The molecule has 0 unspecified atom stereocenters. The van der Waals surface area contributed by atoms with E-state index in [4.69, 9.17) is 21.1 Å². The lowest BCUT2D eigenvalue weighted by atomic mass is 10.1. The summed E-state index contributed by atoms with van der Waals surface area (Å²) in [5.41, 5.74) is 1.61. The maximum atomic E-state index is 12.8.